The van der Waals surface area contributed by atoms with Crippen molar-refractivity contribution >= 4 is 55.7 Å². The van der Waals surface area contributed by atoms with Gasteiger partial charge in [-0.1, -0.05) is 0 Å². The van der Waals surface area contributed by atoms with Crippen LogP contribution in [0.3, 0.4) is 0 Å². The smallest absolute Gasteiger partial charge is 0.259 e. The SMILES string of the molecule is Cc1nc2cc(NC(=O)c3ccc(F)nc3N(C)c3ccnc4[nH]ccc34)ccc2s1. The Hall–Kier alpha value is -3.85. The van der Waals surface area contributed by atoms with Crippen molar-refractivity contribution in [3.8, 4) is 0 Å². The first-order chi connectivity index (χ1) is 15.0. The monoisotopic (exact) mass is 432 g/mol. The molecule has 9 heteroatoms. The molecular weight excluding hydrogens is 415 g/mol. The Balaban J connectivity index is 1.52. The van der Waals surface area contributed by atoms with Crippen LogP contribution in [0.25, 0.3) is 21.3 Å². The summed E-state index contributed by atoms with van der Waals surface area (Å²) in [5.41, 5.74) is 3.12. The lowest BCUT2D eigenvalue weighted by Crippen LogP contribution is -2.20. The molecule has 0 spiro atoms. The molecule has 4 aromatic heterocycles. The third-order valence-corrected chi connectivity index (χ3v) is 5.91. The quantitative estimate of drug-likeness (QED) is 0.389. The molecule has 0 aliphatic carbocycles. The number of benzene rings is 1. The van der Waals surface area contributed by atoms with Gasteiger partial charge in [-0.15, -0.1) is 11.3 Å². The zero-order chi connectivity index (χ0) is 21.5. The van der Waals surface area contributed by atoms with E-state index in [0.717, 1.165) is 26.3 Å². The molecule has 1 aromatic carbocycles. The van der Waals surface area contributed by atoms with E-state index in [1.54, 1.807) is 41.7 Å². The Bertz CT molecular complexity index is 1440. The van der Waals surface area contributed by atoms with Gasteiger partial charge < -0.3 is 15.2 Å². The number of carbonyl (C=O) groups excluding carboxylic acids is 1. The molecule has 154 valence electrons. The first-order valence-electron chi connectivity index (χ1n) is 9.50. The van der Waals surface area contributed by atoms with Crippen LogP contribution < -0.4 is 10.2 Å². The molecule has 5 aromatic rings. The number of anilines is 3. The number of thiazole rings is 1. The van der Waals surface area contributed by atoms with E-state index in [-0.39, 0.29) is 17.3 Å². The topological polar surface area (TPSA) is 86.8 Å². The van der Waals surface area contributed by atoms with Crippen molar-refractivity contribution in [2.75, 3.05) is 17.3 Å². The van der Waals surface area contributed by atoms with Crippen LogP contribution in [0.15, 0.2) is 54.9 Å². The summed E-state index contributed by atoms with van der Waals surface area (Å²) >= 11 is 1.59. The highest BCUT2D eigenvalue weighted by molar-refractivity contribution is 7.18. The second-order valence-electron chi connectivity index (χ2n) is 7.00. The van der Waals surface area contributed by atoms with Gasteiger partial charge in [-0.05, 0) is 49.4 Å². The highest BCUT2D eigenvalue weighted by Crippen LogP contribution is 2.31. The van der Waals surface area contributed by atoms with Gasteiger partial charge in [-0.3, -0.25) is 4.79 Å². The normalized spacial score (nSPS) is 11.2. The van der Waals surface area contributed by atoms with E-state index in [0.29, 0.717) is 11.3 Å². The van der Waals surface area contributed by atoms with Crippen molar-refractivity contribution in [2.24, 2.45) is 0 Å². The van der Waals surface area contributed by atoms with E-state index >= 15 is 0 Å². The van der Waals surface area contributed by atoms with Crippen LogP contribution in [0, 0.1) is 12.9 Å². The molecule has 1 amide bonds. The average molecular weight is 432 g/mol. The lowest BCUT2D eigenvalue weighted by Gasteiger charge is -2.21. The number of nitrogens with zero attached hydrogens (tertiary/aromatic N) is 4. The van der Waals surface area contributed by atoms with Gasteiger partial charge in [0.2, 0.25) is 5.95 Å². The molecule has 0 saturated heterocycles. The van der Waals surface area contributed by atoms with Gasteiger partial charge in [-0.2, -0.15) is 4.39 Å². The van der Waals surface area contributed by atoms with Crippen LogP contribution in [-0.4, -0.2) is 32.9 Å². The first-order valence-corrected chi connectivity index (χ1v) is 10.3. The molecule has 31 heavy (non-hydrogen) atoms. The number of pyridine rings is 2. The molecule has 0 atom stereocenters. The molecule has 5 rings (SSSR count). The molecule has 0 fully saturated rings. The van der Waals surface area contributed by atoms with Crippen molar-refractivity contribution in [3.05, 3.63) is 71.4 Å². The zero-order valence-electron chi connectivity index (χ0n) is 16.7. The number of fused-ring (bicyclic) bond motifs is 2. The summed E-state index contributed by atoms with van der Waals surface area (Å²) in [6, 6.07) is 11.8. The summed E-state index contributed by atoms with van der Waals surface area (Å²) in [5, 5.41) is 4.67. The molecule has 0 radical (unpaired) electrons. The summed E-state index contributed by atoms with van der Waals surface area (Å²) in [7, 11) is 1.74. The van der Waals surface area contributed by atoms with E-state index in [9.17, 15) is 9.18 Å². The predicted octanol–water partition coefficient (Wildman–Crippen LogP) is 5.04. The van der Waals surface area contributed by atoms with Gasteiger partial charge >= 0.3 is 0 Å². The molecule has 0 saturated carbocycles. The predicted molar refractivity (Wildman–Crippen MR) is 121 cm³/mol. The largest absolute Gasteiger partial charge is 0.346 e. The maximum Gasteiger partial charge on any atom is 0.259 e. The minimum absolute atomic E-state index is 0.205. The molecule has 0 unspecified atom stereocenters. The lowest BCUT2D eigenvalue weighted by molar-refractivity contribution is 0.102. The molecule has 0 aliphatic heterocycles. The number of aryl methyl sites for hydroxylation is 1. The van der Waals surface area contributed by atoms with Crippen LogP contribution >= 0.6 is 11.3 Å². The second-order valence-corrected chi connectivity index (χ2v) is 8.24. The van der Waals surface area contributed by atoms with Crippen LogP contribution in [0.1, 0.15) is 15.4 Å². The maximum absolute atomic E-state index is 14.0. The van der Waals surface area contributed by atoms with Crippen molar-refractivity contribution in [1.82, 2.24) is 19.9 Å². The fourth-order valence-electron chi connectivity index (χ4n) is 3.53. The number of hydrogen-bond donors (Lipinski definition) is 2. The van der Waals surface area contributed by atoms with Crippen LogP contribution in [0.4, 0.5) is 21.6 Å². The van der Waals surface area contributed by atoms with Crippen LogP contribution in [0.5, 0.6) is 0 Å². The maximum atomic E-state index is 14.0. The Labute approximate surface area is 180 Å². The fraction of sp³-hybridized carbons (Fsp3) is 0.0909. The van der Waals surface area contributed by atoms with E-state index in [1.807, 2.05) is 31.2 Å². The number of nitrogens with one attached hydrogen (secondary N) is 2. The zero-order valence-corrected chi connectivity index (χ0v) is 17.5. The Morgan fingerprint density at radius 1 is 1.16 bits per heavy atom. The molecular formula is C22H17FN6OS. The molecule has 4 heterocycles. The molecule has 7 nitrogen and oxygen atoms in total. The summed E-state index contributed by atoms with van der Waals surface area (Å²) in [4.78, 5) is 30.6. The third kappa shape index (κ3) is 3.49. The van der Waals surface area contributed by atoms with Gasteiger partial charge in [0.05, 0.1) is 26.5 Å². The average Bonchev–Trinajstić information content (AvgIpc) is 3.38. The van der Waals surface area contributed by atoms with Crippen molar-refractivity contribution in [3.63, 3.8) is 0 Å². The highest BCUT2D eigenvalue weighted by atomic mass is 32.1. The number of amides is 1. The Kier molecular flexibility index (Phi) is 4.59. The Morgan fingerprint density at radius 3 is 2.90 bits per heavy atom. The minimum atomic E-state index is -0.669. The minimum Gasteiger partial charge on any atom is -0.346 e. The Morgan fingerprint density at radius 2 is 2.03 bits per heavy atom. The van der Waals surface area contributed by atoms with Gasteiger partial charge in [0.1, 0.15) is 11.5 Å². The van der Waals surface area contributed by atoms with Crippen LogP contribution in [-0.2, 0) is 0 Å². The molecule has 0 aliphatic rings. The number of aromatic amines is 1. The van der Waals surface area contributed by atoms with Gasteiger partial charge in [0.25, 0.3) is 5.91 Å². The number of halogens is 1. The number of aromatic nitrogens is 4. The van der Waals surface area contributed by atoms with E-state index in [1.165, 1.54) is 12.1 Å². The van der Waals surface area contributed by atoms with Gasteiger partial charge in [0, 0.05) is 30.5 Å². The lowest BCUT2D eigenvalue weighted by atomic mass is 10.2. The fourth-order valence-corrected chi connectivity index (χ4v) is 4.34. The summed E-state index contributed by atoms with van der Waals surface area (Å²) in [6.07, 6.45) is 3.42. The van der Waals surface area contributed by atoms with E-state index < -0.39 is 5.95 Å². The number of H-pyrrole nitrogens is 1. The number of carbonyl (C=O) groups is 1. The van der Waals surface area contributed by atoms with Crippen LogP contribution in [0.2, 0.25) is 0 Å². The summed E-state index contributed by atoms with van der Waals surface area (Å²) < 4.78 is 15.1. The van der Waals surface area contributed by atoms with Crippen molar-refractivity contribution < 1.29 is 9.18 Å². The first kappa shape index (κ1) is 19.1. The van der Waals surface area contributed by atoms with Gasteiger partial charge in [-0.25, -0.2) is 15.0 Å². The van der Waals surface area contributed by atoms with E-state index in [4.69, 9.17) is 0 Å². The third-order valence-electron chi connectivity index (χ3n) is 4.95. The van der Waals surface area contributed by atoms with Crippen molar-refractivity contribution in [2.45, 2.75) is 6.92 Å². The van der Waals surface area contributed by atoms with Gasteiger partial charge in [0.15, 0.2) is 0 Å². The highest BCUT2D eigenvalue weighted by Gasteiger charge is 2.20. The number of rotatable bonds is 4. The van der Waals surface area contributed by atoms with E-state index in [2.05, 4.69) is 25.3 Å². The van der Waals surface area contributed by atoms with Crippen molar-refractivity contribution in [1.29, 1.82) is 0 Å². The molecule has 2 N–H and O–H groups in total. The standard InChI is InChI=1S/C22H17FN6OS/c1-12-26-16-11-13(3-5-18(16)31-12)27-22(30)15-4-6-19(23)28-21(15)29(2)17-8-10-25-20-14(17)7-9-24-20/h3-11H,1-2H3,(H,24,25)(H,27,30). The second kappa shape index (κ2) is 7.44. The summed E-state index contributed by atoms with van der Waals surface area (Å²) in [5.74, 6) is -0.853. The summed E-state index contributed by atoms with van der Waals surface area (Å²) in [6.45, 7) is 1.94. The number of hydrogen-bond acceptors (Lipinski definition) is 6. The molecule has 0 bridgehead atoms.